The van der Waals surface area contributed by atoms with Gasteiger partial charge in [-0.1, -0.05) is 13.3 Å². The van der Waals surface area contributed by atoms with Crippen LogP contribution < -0.4 is 4.74 Å². The molecule has 1 aromatic heterocycles. The molecule has 0 amide bonds. The largest absolute Gasteiger partial charge is 0.490 e. The molecule has 0 spiro atoms. The van der Waals surface area contributed by atoms with E-state index in [9.17, 15) is 13.2 Å². The molecule has 3 nitrogen and oxygen atoms in total. The van der Waals surface area contributed by atoms with Crippen LogP contribution in [0, 0.1) is 5.92 Å². The van der Waals surface area contributed by atoms with E-state index in [0.29, 0.717) is 12.5 Å². The molecule has 0 saturated carbocycles. The highest BCUT2D eigenvalue weighted by Gasteiger charge is 2.32. The minimum Gasteiger partial charge on any atom is -0.490 e. The number of hydrogen-bond acceptors (Lipinski definition) is 3. The topological polar surface area (TPSA) is 25.4 Å². The van der Waals surface area contributed by atoms with E-state index in [1.165, 1.54) is 6.20 Å². The number of likely N-dealkylation sites (N-methyl/N-ethyl adjacent to an activating group) is 1. The maximum atomic E-state index is 12.6. The molecule has 1 fully saturated rings. The number of alkyl halides is 3. The second kappa shape index (κ2) is 5.99. The Balaban J connectivity index is 1.94. The van der Waals surface area contributed by atoms with Gasteiger partial charge >= 0.3 is 6.18 Å². The van der Waals surface area contributed by atoms with Gasteiger partial charge in [0.2, 0.25) is 0 Å². The Morgan fingerprint density at radius 2 is 2.15 bits per heavy atom. The Morgan fingerprint density at radius 3 is 2.75 bits per heavy atom. The third kappa shape index (κ3) is 3.62. The summed E-state index contributed by atoms with van der Waals surface area (Å²) >= 11 is 0. The predicted octanol–water partition coefficient (Wildman–Crippen LogP) is 3.21. The number of ether oxygens (including phenoxy) is 1. The van der Waals surface area contributed by atoms with Crippen LogP contribution in [0.15, 0.2) is 18.5 Å². The van der Waals surface area contributed by atoms with Gasteiger partial charge in [0.05, 0.1) is 11.8 Å². The molecule has 6 heteroatoms. The monoisotopic (exact) mass is 288 g/mol. The van der Waals surface area contributed by atoms with Crippen molar-refractivity contribution in [2.24, 2.45) is 5.92 Å². The van der Waals surface area contributed by atoms with Crippen LogP contribution in [-0.2, 0) is 6.18 Å². The number of rotatable bonds is 4. The highest BCUT2D eigenvalue weighted by molar-refractivity contribution is 5.25. The molecule has 112 valence electrons. The summed E-state index contributed by atoms with van der Waals surface area (Å²) in [7, 11) is 2.02. The highest BCUT2D eigenvalue weighted by Crippen LogP contribution is 2.31. The maximum Gasteiger partial charge on any atom is 0.418 e. The first-order chi connectivity index (χ1) is 9.40. The van der Waals surface area contributed by atoms with Gasteiger partial charge in [-0.25, -0.2) is 0 Å². The van der Waals surface area contributed by atoms with Gasteiger partial charge < -0.3 is 4.74 Å². The molecule has 1 saturated heterocycles. The molecular weight excluding hydrogens is 269 g/mol. The van der Waals surface area contributed by atoms with E-state index in [1.807, 2.05) is 7.05 Å². The number of likely N-dealkylation sites (tertiary alicyclic amines) is 1. The fraction of sp³-hybridized carbons (Fsp3) is 0.643. The maximum absolute atomic E-state index is 12.6. The zero-order valence-electron chi connectivity index (χ0n) is 11.7. The molecule has 1 aromatic rings. The third-order valence-corrected chi connectivity index (χ3v) is 3.84. The van der Waals surface area contributed by atoms with Gasteiger partial charge in [-0.05, 0) is 25.5 Å². The Hall–Kier alpha value is -1.30. The van der Waals surface area contributed by atoms with Crippen molar-refractivity contribution in [1.82, 2.24) is 9.88 Å². The Morgan fingerprint density at radius 1 is 1.40 bits per heavy atom. The second-order valence-corrected chi connectivity index (χ2v) is 5.32. The van der Waals surface area contributed by atoms with Gasteiger partial charge in [-0.15, -0.1) is 0 Å². The molecule has 2 atom stereocenters. The fourth-order valence-electron chi connectivity index (χ4n) is 2.53. The summed E-state index contributed by atoms with van der Waals surface area (Å²) in [4.78, 5) is 5.79. The molecule has 0 aliphatic carbocycles. The summed E-state index contributed by atoms with van der Waals surface area (Å²) in [6.07, 6.45) is -0.113. The molecule has 2 unspecified atom stereocenters. The summed E-state index contributed by atoms with van der Waals surface area (Å²) in [5.74, 6) is 0.821. The van der Waals surface area contributed by atoms with Crippen LogP contribution in [-0.4, -0.2) is 36.1 Å². The summed E-state index contributed by atoms with van der Waals surface area (Å²) < 4.78 is 43.2. The van der Waals surface area contributed by atoms with E-state index >= 15 is 0 Å². The first-order valence-electron chi connectivity index (χ1n) is 6.75. The normalized spacial score (nSPS) is 24.1. The Bertz CT molecular complexity index is 450. The quantitative estimate of drug-likeness (QED) is 0.850. The summed E-state index contributed by atoms with van der Waals surface area (Å²) in [6, 6.07) is 1.26. The molecule has 1 aliphatic rings. The molecule has 2 rings (SSSR count). The van der Waals surface area contributed by atoms with Crippen LogP contribution in [0.25, 0.3) is 0 Å². The predicted molar refractivity (Wildman–Crippen MR) is 69.6 cm³/mol. The molecule has 20 heavy (non-hydrogen) atoms. The Kier molecular flexibility index (Phi) is 4.52. The molecule has 0 bridgehead atoms. The molecule has 2 heterocycles. The molecule has 0 aromatic carbocycles. The van der Waals surface area contributed by atoms with Crippen LogP contribution in [0.1, 0.15) is 25.3 Å². The lowest BCUT2D eigenvalue weighted by Crippen LogP contribution is -2.30. The van der Waals surface area contributed by atoms with E-state index in [4.69, 9.17) is 4.74 Å². The average Bonchev–Trinajstić information content (AvgIpc) is 2.76. The summed E-state index contributed by atoms with van der Waals surface area (Å²) in [5.41, 5.74) is -0.777. The van der Waals surface area contributed by atoms with Crippen molar-refractivity contribution < 1.29 is 17.9 Å². The van der Waals surface area contributed by atoms with E-state index in [0.717, 1.165) is 31.6 Å². The SMILES string of the molecule is CCC1CC(COc2cncc(C(F)(F)F)c2)N(C)C1. The van der Waals surface area contributed by atoms with Crippen molar-refractivity contribution in [3.63, 3.8) is 0 Å². The van der Waals surface area contributed by atoms with Crippen LogP contribution >= 0.6 is 0 Å². The lowest BCUT2D eigenvalue weighted by atomic mass is 10.0. The van der Waals surface area contributed by atoms with Crippen LogP contribution in [0.3, 0.4) is 0 Å². The zero-order valence-corrected chi connectivity index (χ0v) is 11.7. The second-order valence-electron chi connectivity index (χ2n) is 5.32. The van der Waals surface area contributed by atoms with E-state index in [-0.39, 0.29) is 11.8 Å². The molecule has 0 N–H and O–H groups in total. The van der Waals surface area contributed by atoms with Crippen molar-refractivity contribution in [2.75, 3.05) is 20.2 Å². The van der Waals surface area contributed by atoms with Crippen LogP contribution in [0.2, 0.25) is 0 Å². The van der Waals surface area contributed by atoms with Gasteiger partial charge in [0.25, 0.3) is 0 Å². The van der Waals surface area contributed by atoms with Gasteiger partial charge in [0.1, 0.15) is 12.4 Å². The Labute approximate surface area is 116 Å². The zero-order chi connectivity index (χ0) is 14.8. The number of halogens is 3. The molecular formula is C14H19F3N2O. The number of hydrogen-bond donors (Lipinski definition) is 0. The van der Waals surface area contributed by atoms with Crippen molar-refractivity contribution in [3.05, 3.63) is 24.0 Å². The fourth-order valence-corrected chi connectivity index (χ4v) is 2.53. The minimum absolute atomic E-state index is 0.174. The lowest BCUT2D eigenvalue weighted by Gasteiger charge is -2.19. The smallest absolute Gasteiger partial charge is 0.418 e. The van der Waals surface area contributed by atoms with Crippen LogP contribution in [0.5, 0.6) is 5.75 Å². The number of aromatic nitrogens is 1. The first kappa shape index (κ1) is 15.1. The first-order valence-corrected chi connectivity index (χ1v) is 6.75. The molecule has 0 radical (unpaired) electrons. The van der Waals surface area contributed by atoms with Crippen molar-refractivity contribution in [2.45, 2.75) is 32.0 Å². The number of pyridine rings is 1. The van der Waals surface area contributed by atoms with Crippen LogP contribution in [0.4, 0.5) is 13.2 Å². The molecule has 1 aliphatic heterocycles. The third-order valence-electron chi connectivity index (χ3n) is 3.84. The minimum atomic E-state index is -4.39. The van der Waals surface area contributed by atoms with Gasteiger partial charge in [0, 0.05) is 18.8 Å². The summed E-state index contributed by atoms with van der Waals surface area (Å²) in [6.45, 7) is 3.57. The van der Waals surface area contributed by atoms with E-state index in [2.05, 4.69) is 16.8 Å². The van der Waals surface area contributed by atoms with Crippen molar-refractivity contribution in [1.29, 1.82) is 0 Å². The van der Waals surface area contributed by atoms with Gasteiger partial charge in [0.15, 0.2) is 0 Å². The lowest BCUT2D eigenvalue weighted by molar-refractivity contribution is -0.137. The van der Waals surface area contributed by atoms with Gasteiger partial charge in [-0.3, -0.25) is 9.88 Å². The van der Waals surface area contributed by atoms with Crippen molar-refractivity contribution >= 4 is 0 Å². The van der Waals surface area contributed by atoms with E-state index < -0.39 is 11.7 Å². The average molecular weight is 288 g/mol. The summed E-state index contributed by atoms with van der Waals surface area (Å²) in [5, 5.41) is 0. The number of nitrogens with zero attached hydrogens (tertiary/aromatic N) is 2. The van der Waals surface area contributed by atoms with E-state index in [1.54, 1.807) is 0 Å². The highest BCUT2D eigenvalue weighted by atomic mass is 19.4. The standard InChI is InChI=1S/C14H19F3N2O/c1-3-10-4-12(19(2)8-10)9-20-13-5-11(6-18-7-13)14(15,16)17/h5-7,10,12H,3-4,8-9H2,1-2H3. The van der Waals surface area contributed by atoms with Gasteiger partial charge in [-0.2, -0.15) is 13.2 Å². The van der Waals surface area contributed by atoms with Crippen molar-refractivity contribution in [3.8, 4) is 5.75 Å².